The fraction of sp³-hybridized carbons (Fsp3) is 0.250. The molecule has 0 amide bonds. The maximum absolute atomic E-state index is 11.5. The molecule has 0 fully saturated rings. The molecule has 1 N–H and O–H groups in total. The van der Waals surface area contributed by atoms with Crippen molar-refractivity contribution in [2.75, 3.05) is 6.26 Å². The summed E-state index contributed by atoms with van der Waals surface area (Å²) in [5.41, 5.74) is 0.687. The van der Waals surface area contributed by atoms with Gasteiger partial charge < -0.3 is 9.09 Å². The third-order valence-corrected chi connectivity index (χ3v) is 4.32. The highest BCUT2D eigenvalue weighted by Gasteiger charge is 2.30. The second-order valence-corrected chi connectivity index (χ2v) is 7.78. The standard InChI is InChI=1S/C16H18N4O3S/c1-16(2,19-24(3,21)22)15-17-14(23-18-15)12-8-4-5-9-13(12)20-10-6-7-11-20/h4-11,19H,1-3H3. The molecule has 1 aromatic carbocycles. The highest BCUT2D eigenvalue weighted by Crippen LogP contribution is 2.27. The number of benzene rings is 1. The van der Waals surface area contributed by atoms with Gasteiger partial charge in [-0.3, -0.25) is 0 Å². The molecule has 0 unspecified atom stereocenters. The summed E-state index contributed by atoms with van der Waals surface area (Å²) in [6, 6.07) is 11.5. The third-order valence-electron chi connectivity index (χ3n) is 3.44. The summed E-state index contributed by atoms with van der Waals surface area (Å²) in [5.74, 6) is 0.600. The monoisotopic (exact) mass is 346 g/mol. The minimum absolute atomic E-state index is 0.269. The number of nitrogens with one attached hydrogen (secondary N) is 1. The van der Waals surface area contributed by atoms with Crippen LogP contribution in [0.5, 0.6) is 0 Å². The average molecular weight is 346 g/mol. The number of rotatable bonds is 5. The molecule has 126 valence electrons. The summed E-state index contributed by atoms with van der Waals surface area (Å²) in [4.78, 5) is 4.39. The van der Waals surface area contributed by atoms with Crippen LogP contribution in [0.2, 0.25) is 0 Å². The van der Waals surface area contributed by atoms with E-state index < -0.39 is 15.6 Å². The molecule has 0 aliphatic carbocycles. The van der Waals surface area contributed by atoms with Gasteiger partial charge in [-0.1, -0.05) is 17.3 Å². The van der Waals surface area contributed by atoms with Gasteiger partial charge in [0.05, 0.1) is 23.0 Å². The van der Waals surface area contributed by atoms with Crippen molar-refractivity contribution in [3.8, 4) is 17.1 Å². The fourth-order valence-corrected chi connectivity index (χ4v) is 3.49. The van der Waals surface area contributed by atoms with Crippen LogP contribution in [0, 0.1) is 0 Å². The number of hydrogen-bond acceptors (Lipinski definition) is 5. The van der Waals surface area contributed by atoms with Gasteiger partial charge in [0.2, 0.25) is 10.0 Å². The van der Waals surface area contributed by atoms with Gasteiger partial charge in [-0.05, 0) is 38.1 Å². The molecule has 0 aliphatic rings. The van der Waals surface area contributed by atoms with E-state index in [0.29, 0.717) is 5.89 Å². The molecule has 0 atom stereocenters. The highest BCUT2D eigenvalue weighted by molar-refractivity contribution is 7.88. The molecule has 0 spiro atoms. The molecular weight excluding hydrogens is 328 g/mol. The first kappa shape index (κ1) is 16.4. The zero-order valence-corrected chi connectivity index (χ0v) is 14.4. The maximum Gasteiger partial charge on any atom is 0.260 e. The van der Waals surface area contributed by atoms with Gasteiger partial charge in [-0.15, -0.1) is 0 Å². The molecule has 7 nitrogen and oxygen atoms in total. The van der Waals surface area contributed by atoms with Crippen molar-refractivity contribution in [2.45, 2.75) is 19.4 Å². The summed E-state index contributed by atoms with van der Waals surface area (Å²) in [6.45, 7) is 3.36. The number of sulfonamides is 1. The van der Waals surface area contributed by atoms with Crippen LogP contribution in [0.15, 0.2) is 53.3 Å². The second kappa shape index (κ2) is 5.88. The van der Waals surface area contributed by atoms with E-state index in [1.807, 2.05) is 53.4 Å². The second-order valence-electron chi connectivity index (χ2n) is 6.03. The van der Waals surface area contributed by atoms with Gasteiger partial charge in [0.25, 0.3) is 5.89 Å². The highest BCUT2D eigenvalue weighted by atomic mass is 32.2. The number of hydrogen-bond donors (Lipinski definition) is 1. The SMILES string of the molecule is CC(C)(NS(C)(=O)=O)c1noc(-c2ccccc2-n2cccc2)n1. The van der Waals surface area contributed by atoms with Crippen LogP contribution >= 0.6 is 0 Å². The van der Waals surface area contributed by atoms with Gasteiger partial charge in [0, 0.05) is 12.4 Å². The molecule has 0 saturated carbocycles. The van der Waals surface area contributed by atoms with Crippen LogP contribution in [0.1, 0.15) is 19.7 Å². The van der Waals surface area contributed by atoms with Crippen LogP contribution < -0.4 is 4.72 Å². The van der Waals surface area contributed by atoms with Gasteiger partial charge in [0.1, 0.15) is 0 Å². The molecule has 3 rings (SSSR count). The molecule has 0 bridgehead atoms. The largest absolute Gasteiger partial charge is 0.334 e. The summed E-state index contributed by atoms with van der Waals surface area (Å²) in [6.07, 6.45) is 4.94. The molecule has 0 saturated heterocycles. The first-order valence-electron chi connectivity index (χ1n) is 7.32. The lowest BCUT2D eigenvalue weighted by atomic mass is 10.1. The zero-order chi connectivity index (χ0) is 17.4. The minimum Gasteiger partial charge on any atom is -0.334 e. The van der Waals surface area contributed by atoms with E-state index in [2.05, 4.69) is 14.9 Å². The number of nitrogens with zero attached hydrogens (tertiary/aromatic N) is 3. The lowest BCUT2D eigenvalue weighted by molar-refractivity contribution is 0.382. The van der Waals surface area contributed by atoms with Crippen molar-refractivity contribution in [3.05, 3.63) is 54.6 Å². The van der Waals surface area contributed by atoms with Gasteiger partial charge >= 0.3 is 0 Å². The number of para-hydroxylation sites is 1. The maximum atomic E-state index is 11.5. The van der Waals surface area contributed by atoms with Gasteiger partial charge in [-0.2, -0.15) is 4.98 Å². The van der Waals surface area contributed by atoms with Crippen molar-refractivity contribution in [1.29, 1.82) is 0 Å². The molecule has 0 aliphatic heterocycles. The molecule has 8 heteroatoms. The Hall–Kier alpha value is -2.45. The molecule has 0 radical (unpaired) electrons. The predicted molar refractivity (Wildman–Crippen MR) is 90.1 cm³/mol. The van der Waals surface area contributed by atoms with E-state index in [-0.39, 0.29) is 5.82 Å². The van der Waals surface area contributed by atoms with E-state index >= 15 is 0 Å². The van der Waals surface area contributed by atoms with E-state index in [9.17, 15) is 8.42 Å². The topological polar surface area (TPSA) is 90.0 Å². The summed E-state index contributed by atoms with van der Waals surface area (Å²) in [7, 11) is -3.40. The third kappa shape index (κ3) is 3.39. The number of aromatic nitrogens is 3. The smallest absolute Gasteiger partial charge is 0.260 e. The lowest BCUT2D eigenvalue weighted by Crippen LogP contribution is -2.41. The van der Waals surface area contributed by atoms with Crippen molar-refractivity contribution in [3.63, 3.8) is 0 Å². The summed E-state index contributed by atoms with van der Waals surface area (Å²) >= 11 is 0. The first-order chi connectivity index (χ1) is 11.3. The van der Waals surface area contributed by atoms with Crippen molar-refractivity contribution in [1.82, 2.24) is 19.4 Å². The Balaban J connectivity index is 2.01. The van der Waals surface area contributed by atoms with Crippen LogP contribution in [0.4, 0.5) is 0 Å². The Morgan fingerprint density at radius 1 is 1.12 bits per heavy atom. The Morgan fingerprint density at radius 3 is 2.46 bits per heavy atom. The van der Waals surface area contributed by atoms with E-state index in [0.717, 1.165) is 17.5 Å². The summed E-state index contributed by atoms with van der Waals surface area (Å²) < 4.78 is 32.8. The van der Waals surface area contributed by atoms with Crippen LogP contribution in [0.25, 0.3) is 17.1 Å². The quantitative estimate of drug-likeness (QED) is 0.765. The zero-order valence-electron chi connectivity index (χ0n) is 13.6. The molecule has 3 aromatic rings. The van der Waals surface area contributed by atoms with Crippen LogP contribution in [0.3, 0.4) is 0 Å². The normalized spacial score (nSPS) is 12.5. The van der Waals surface area contributed by atoms with E-state index in [1.165, 1.54) is 0 Å². The molecule has 2 aromatic heterocycles. The van der Waals surface area contributed by atoms with Gasteiger partial charge in [0.15, 0.2) is 5.82 Å². The van der Waals surface area contributed by atoms with Gasteiger partial charge in [-0.25, -0.2) is 13.1 Å². The Kier molecular flexibility index (Phi) is 4.02. The van der Waals surface area contributed by atoms with Crippen molar-refractivity contribution < 1.29 is 12.9 Å². The average Bonchev–Trinajstić information content (AvgIpc) is 3.17. The van der Waals surface area contributed by atoms with Crippen LogP contribution in [-0.4, -0.2) is 29.4 Å². The first-order valence-corrected chi connectivity index (χ1v) is 9.21. The Morgan fingerprint density at radius 2 is 1.79 bits per heavy atom. The fourth-order valence-electron chi connectivity index (χ4n) is 2.47. The van der Waals surface area contributed by atoms with Crippen LogP contribution in [-0.2, 0) is 15.6 Å². The predicted octanol–water partition coefficient (Wildman–Crippen LogP) is 2.31. The van der Waals surface area contributed by atoms with E-state index in [4.69, 9.17) is 4.52 Å². The Bertz CT molecular complexity index is 943. The van der Waals surface area contributed by atoms with E-state index in [1.54, 1.807) is 13.8 Å². The molecule has 2 heterocycles. The summed E-state index contributed by atoms with van der Waals surface area (Å²) in [5, 5.41) is 3.95. The lowest BCUT2D eigenvalue weighted by Gasteiger charge is -2.20. The molecule has 24 heavy (non-hydrogen) atoms. The molecular formula is C16H18N4O3S. The van der Waals surface area contributed by atoms with Crippen molar-refractivity contribution >= 4 is 10.0 Å². The van der Waals surface area contributed by atoms with Crippen molar-refractivity contribution in [2.24, 2.45) is 0 Å². The Labute approximate surface area is 140 Å². The minimum atomic E-state index is -3.40.